The number of nitriles is 1. The zero-order valence-corrected chi connectivity index (χ0v) is 18.6. The standard InChI is InChI=1S/C27H23N3O3/c1-31-24-12-9-19(10-13-24)27-22(18-30(29-27)23-7-5-4-6-8-23)15-21(17-28)20-11-14-25(32-2)26(16-20)33-3/h4-16,18H,1-3H3/b21-15-. The van der Waals surface area contributed by atoms with Crippen molar-refractivity contribution < 1.29 is 14.2 Å². The predicted molar refractivity (Wildman–Crippen MR) is 129 cm³/mol. The van der Waals surface area contributed by atoms with Gasteiger partial charge < -0.3 is 14.2 Å². The molecule has 6 nitrogen and oxygen atoms in total. The Kier molecular flexibility index (Phi) is 6.42. The van der Waals surface area contributed by atoms with Crippen LogP contribution in [0.25, 0.3) is 28.6 Å². The maximum absolute atomic E-state index is 9.95. The van der Waals surface area contributed by atoms with E-state index in [2.05, 4.69) is 6.07 Å². The minimum atomic E-state index is 0.485. The number of methoxy groups -OCH3 is 3. The SMILES string of the molecule is COc1ccc(-c2nn(-c3ccccc3)cc2/C=C(/C#N)c2ccc(OC)c(OC)c2)cc1. The Morgan fingerprint density at radius 3 is 2.24 bits per heavy atom. The summed E-state index contributed by atoms with van der Waals surface area (Å²) >= 11 is 0. The van der Waals surface area contributed by atoms with Crippen LogP contribution in [0.1, 0.15) is 11.1 Å². The van der Waals surface area contributed by atoms with Gasteiger partial charge >= 0.3 is 0 Å². The lowest BCUT2D eigenvalue weighted by molar-refractivity contribution is 0.355. The summed E-state index contributed by atoms with van der Waals surface area (Å²) < 4.78 is 17.8. The number of benzene rings is 3. The van der Waals surface area contributed by atoms with Gasteiger partial charge in [0.15, 0.2) is 11.5 Å². The highest BCUT2D eigenvalue weighted by atomic mass is 16.5. The molecule has 6 heteroatoms. The highest BCUT2D eigenvalue weighted by Crippen LogP contribution is 2.33. The number of rotatable bonds is 7. The van der Waals surface area contributed by atoms with Gasteiger partial charge in [-0.3, -0.25) is 0 Å². The molecule has 0 aliphatic rings. The lowest BCUT2D eigenvalue weighted by Crippen LogP contribution is -1.94. The van der Waals surface area contributed by atoms with Crippen LogP contribution in [0, 0.1) is 11.3 Å². The van der Waals surface area contributed by atoms with E-state index in [9.17, 15) is 5.26 Å². The molecule has 0 saturated carbocycles. The molecule has 1 aromatic heterocycles. The van der Waals surface area contributed by atoms with Crippen LogP contribution in [0.15, 0.2) is 79.0 Å². The van der Waals surface area contributed by atoms with Crippen LogP contribution in [0.5, 0.6) is 17.2 Å². The van der Waals surface area contributed by atoms with Crippen molar-refractivity contribution in [2.24, 2.45) is 0 Å². The van der Waals surface area contributed by atoms with E-state index in [0.29, 0.717) is 17.1 Å². The summed E-state index contributed by atoms with van der Waals surface area (Å²) in [5, 5.41) is 14.8. The van der Waals surface area contributed by atoms with Gasteiger partial charge in [0.1, 0.15) is 5.75 Å². The average molecular weight is 437 g/mol. The third-order valence-corrected chi connectivity index (χ3v) is 5.24. The molecular formula is C27H23N3O3. The normalized spacial score (nSPS) is 11.0. The molecule has 0 saturated heterocycles. The van der Waals surface area contributed by atoms with E-state index < -0.39 is 0 Å². The van der Waals surface area contributed by atoms with Gasteiger partial charge in [-0.2, -0.15) is 10.4 Å². The molecule has 0 atom stereocenters. The Hall–Kier alpha value is -4.50. The molecule has 0 fully saturated rings. The van der Waals surface area contributed by atoms with Gasteiger partial charge in [0.25, 0.3) is 0 Å². The quantitative estimate of drug-likeness (QED) is 0.351. The van der Waals surface area contributed by atoms with Crippen LogP contribution in [0.2, 0.25) is 0 Å². The van der Waals surface area contributed by atoms with E-state index in [-0.39, 0.29) is 0 Å². The zero-order chi connectivity index (χ0) is 23.2. The molecule has 4 aromatic rings. The van der Waals surface area contributed by atoms with Crippen molar-refractivity contribution in [3.05, 3.63) is 90.1 Å². The lowest BCUT2D eigenvalue weighted by Gasteiger charge is -2.09. The van der Waals surface area contributed by atoms with Crippen molar-refractivity contribution in [1.82, 2.24) is 9.78 Å². The van der Waals surface area contributed by atoms with Crippen molar-refractivity contribution in [3.63, 3.8) is 0 Å². The van der Waals surface area contributed by atoms with E-state index in [1.165, 1.54) is 0 Å². The average Bonchev–Trinajstić information content (AvgIpc) is 3.31. The number of hydrogen-bond acceptors (Lipinski definition) is 5. The third kappa shape index (κ3) is 4.58. The fraction of sp³-hybridized carbons (Fsp3) is 0.111. The number of ether oxygens (including phenoxy) is 3. The van der Waals surface area contributed by atoms with Crippen LogP contribution in [0.3, 0.4) is 0 Å². The second kappa shape index (κ2) is 9.75. The fourth-order valence-electron chi connectivity index (χ4n) is 3.52. The molecule has 0 radical (unpaired) electrons. The van der Waals surface area contributed by atoms with Gasteiger partial charge in [-0.1, -0.05) is 18.2 Å². The number of aromatic nitrogens is 2. The molecule has 33 heavy (non-hydrogen) atoms. The van der Waals surface area contributed by atoms with Gasteiger partial charge in [0, 0.05) is 17.3 Å². The van der Waals surface area contributed by atoms with Crippen LogP contribution in [0.4, 0.5) is 0 Å². The minimum Gasteiger partial charge on any atom is -0.497 e. The van der Waals surface area contributed by atoms with Crippen molar-refractivity contribution >= 4 is 11.6 Å². The smallest absolute Gasteiger partial charge is 0.161 e. The summed E-state index contributed by atoms with van der Waals surface area (Å²) in [7, 11) is 4.79. The molecule has 0 amide bonds. The molecule has 0 aliphatic carbocycles. The molecule has 164 valence electrons. The summed E-state index contributed by atoms with van der Waals surface area (Å²) in [4.78, 5) is 0. The Labute approximate surface area is 192 Å². The summed E-state index contributed by atoms with van der Waals surface area (Å²) in [5.74, 6) is 1.93. The van der Waals surface area contributed by atoms with Gasteiger partial charge in [-0.25, -0.2) is 4.68 Å². The van der Waals surface area contributed by atoms with Crippen molar-refractivity contribution in [3.8, 4) is 40.3 Å². The second-order valence-corrected chi connectivity index (χ2v) is 7.18. The lowest BCUT2D eigenvalue weighted by atomic mass is 10.0. The summed E-state index contributed by atoms with van der Waals surface area (Å²) in [5.41, 5.74) is 4.63. The monoisotopic (exact) mass is 437 g/mol. The maximum Gasteiger partial charge on any atom is 0.161 e. The second-order valence-electron chi connectivity index (χ2n) is 7.18. The number of allylic oxidation sites excluding steroid dienone is 1. The van der Waals surface area contributed by atoms with E-state index >= 15 is 0 Å². The van der Waals surface area contributed by atoms with Gasteiger partial charge in [-0.05, 0) is 66.2 Å². The molecule has 1 heterocycles. The Morgan fingerprint density at radius 2 is 1.61 bits per heavy atom. The largest absolute Gasteiger partial charge is 0.497 e. The first-order valence-electron chi connectivity index (χ1n) is 10.3. The topological polar surface area (TPSA) is 69.3 Å². The first kappa shape index (κ1) is 21.7. The van der Waals surface area contributed by atoms with Crippen LogP contribution in [-0.4, -0.2) is 31.1 Å². The van der Waals surface area contributed by atoms with Gasteiger partial charge in [-0.15, -0.1) is 0 Å². The van der Waals surface area contributed by atoms with Crippen LogP contribution < -0.4 is 14.2 Å². The van der Waals surface area contributed by atoms with E-state index in [4.69, 9.17) is 19.3 Å². The first-order chi connectivity index (χ1) is 16.2. The molecule has 0 aliphatic heterocycles. The summed E-state index contributed by atoms with van der Waals surface area (Å²) in [6, 6.07) is 25.3. The number of hydrogen-bond donors (Lipinski definition) is 0. The van der Waals surface area contributed by atoms with E-state index in [1.54, 1.807) is 33.5 Å². The Morgan fingerprint density at radius 1 is 0.879 bits per heavy atom. The highest BCUT2D eigenvalue weighted by Gasteiger charge is 2.14. The number of para-hydroxylation sites is 1. The first-order valence-corrected chi connectivity index (χ1v) is 10.3. The van der Waals surface area contributed by atoms with Crippen molar-refractivity contribution in [2.75, 3.05) is 21.3 Å². The van der Waals surface area contributed by atoms with Crippen molar-refractivity contribution in [1.29, 1.82) is 5.26 Å². The van der Waals surface area contributed by atoms with Gasteiger partial charge in [0.2, 0.25) is 0 Å². The van der Waals surface area contributed by atoms with Crippen molar-refractivity contribution in [2.45, 2.75) is 0 Å². The molecule has 4 rings (SSSR count). The van der Waals surface area contributed by atoms with Gasteiger partial charge in [0.05, 0.1) is 44.4 Å². The van der Waals surface area contributed by atoms with Crippen LogP contribution in [-0.2, 0) is 0 Å². The minimum absolute atomic E-state index is 0.485. The highest BCUT2D eigenvalue weighted by molar-refractivity contribution is 5.92. The molecular weight excluding hydrogens is 414 g/mol. The fourth-order valence-corrected chi connectivity index (χ4v) is 3.52. The Balaban J connectivity index is 1.84. The maximum atomic E-state index is 9.95. The summed E-state index contributed by atoms with van der Waals surface area (Å²) in [6.45, 7) is 0. The van der Waals surface area contributed by atoms with E-state index in [1.807, 2.05) is 77.6 Å². The Bertz CT molecular complexity index is 1320. The van der Waals surface area contributed by atoms with E-state index in [0.717, 1.165) is 33.8 Å². The molecule has 3 aromatic carbocycles. The molecule has 0 bridgehead atoms. The molecule has 0 unspecified atom stereocenters. The number of nitrogens with zero attached hydrogens (tertiary/aromatic N) is 3. The zero-order valence-electron chi connectivity index (χ0n) is 18.6. The van der Waals surface area contributed by atoms with Crippen LogP contribution >= 0.6 is 0 Å². The molecule has 0 N–H and O–H groups in total. The third-order valence-electron chi connectivity index (χ3n) is 5.24. The predicted octanol–water partition coefficient (Wildman–Crippen LogP) is 5.63. The summed E-state index contributed by atoms with van der Waals surface area (Å²) in [6.07, 6.45) is 3.76. The molecule has 0 spiro atoms.